The molecule has 3 aromatic rings. The second-order valence-corrected chi connectivity index (χ2v) is 7.35. The van der Waals surface area contributed by atoms with Gasteiger partial charge in [0, 0.05) is 11.3 Å². The van der Waals surface area contributed by atoms with Crippen LogP contribution in [0.2, 0.25) is 5.02 Å². The lowest BCUT2D eigenvalue weighted by Gasteiger charge is -2.25. The molecule has 1 fully saturated rings. The third-order valence-corrected chi connectivity index (χ3v) is 5.43. The molecular formula is C24H18ClNO5. The number of hydrogen-bond donors (Lipinski definition) is 2. The average Bonchev–Trinajstić information content (AvgIpc) is 3.06. The summed E-state index contributed by atoms with van der Waals surface area (Å²) in [6.07, 6.45) is 0. The highest BCUT2D eigenvalue weighted by Crippen LogP contribution is 2.43. The molecule has 1 amide bonds. The Bertz CT molecular complexity index is 1190. The van der Waals surface area contributed by atoms with E-state index in [4.69, 9.17) is 16.3 Å². The fourth-order valence-corrected chi connectivity index (χ4v) is 3.79. The number of aliphatic hydroxyl groups is 1. The number of phenolic OH excluding ortho intramolecular Hbond substituents is 1. The van der Waals surface area contributed by atoms with Crippen LogP contribution in [0.3, 0.4) is 0 Å². The standard InChI is InChI=1S/C24H18ClNO5/c1-31-17-10-7-14(8-11-17)22(28)20-21(15-9-12-19(27)18(25)13-15)26(24(30)23(20)29)16-5-3-2-4-6-16/h2-13,21,27-28H,1H3/b22-20-. The fourth-order valence-electron chi connectivity index (χ4n) is 3.60. The zero-order valence-electron chi connectivity index (χ0n) is 16.4. The zero-order valence-corrected chi connectivity index (χ0v) is 17.2. The van der Waals surface area contributed by atoms with Gasteiger partial charge in [-0.05, 0) is 54.1 Å². The van der Waals surface area contributed by atoms with Crippen LogP contribution in [-0.2, 0) is 9.59 Å². The molecule has 0 saturated carbocycles. The Balaban J connectivity index is 1.94. The Labute approximate surface area is 183 Å². The van der Waals surface area contributed by atoms with Crippen LogP contribution in [0, 0.1) is 0 Å². The molecule has 1 saturated heterocycles. The van der Waals surface area contributed by atoms with Crippen LogP contribution < -0.4 is 9.64 Å². The number of methoxy groups -OCH3 is 1. The van der Waals surface area contributed by atoms with Gasteiger partial charge < -0.3 is 14.9 Å². The minimum atomic E-state index is -0.928. The van der Waals surface area contributed by atoms with Gasteiger partial charge >= 0.3 is 0 Å². The van der Waals surface area contributed by atoms with E-state index < -0.39 is 17.7 Å². The smallest absolute Gasteiger partial charge is 0.300 e. The number of Topliss-reactive ketones (excluding diaryl/α,β-unsaturated/α-hetero) is 1. The van der Waals surface area contributed by atoms with Gasteiger partial charge in [0.15, 0.2) is 0 Å². The molecule has 31 heavy (non-hydrogen) atoms. The first kappa shape index (κ1) is 20.5. The fraction of sp³-hybridized carbons (Fsp3) is 0.0833. The molecule has 4 rings (SSSR count). The lowest BCUT2D eigenvalue weighted by Crippen LogP contribution is -2.29. The van der Waals surface area contributed by atoms with Crippen molar-refractivity contribution in [2.24, 2.45) is 0 Å². The lowest BCUT2D eigenvalue weighted by atomic mass is 9.95. The van der Waals surface area contributed by atoms with Gasteiger partial charge in [0.25, 0.3) is 11.7 Å². The molecule has 156 valence electrons. The number of carbonyl (C=O) groups excluding carboxylic acids is 2. The third kappa shape index (κ3) is 3.62. The van der Waals surface area contributed by atoms with Crippen molar-refractivity contribution in [2.75, 3.05) is 12.0 Å². The predicted molar refractivity (Wildman–Crippen MR) is 117 cm³/mol. The first-order valence-corrected chi connectivity index (χ1v) is 9.79. The molecule has 2 N–H and O–H groups in total. The van der Waals surface area contributed by atoms with E-state index in [2.05, 4.69) is 0 Å². The zero-order chi connectivity index (χ0) is 22.1. The van der Waals surface area contributed by atoms with Gasteiger partial charge in [-0.3, -0.25) is 14.5 Å². The van der Waals surface area contributed by atoms with Crippen LogP contribution in [0.5, 0.6) is 11.5 Å². The second kappa shape index (κ2) is 8.16. The Morgan fingerprint density at radius 2 is 1.68 bits per heavy atom. The molecule has 1 heterocycles. The molecule has 1 unspecified atom stereocenters. The number of ether oxygens (including phenoxy) is 1. The number of ketones is 1. The molecule has 3 aromatic carbocycles. The summed E-state index contributed by atoms with van der Waals surface area (Å²) in [5.41, 5.74) is 1.26. The van der Waals surface area contributed by atoms with E-state index in [1.807, 2.05) is 0 Å². The molecule has 7 heteroatoms. The van der Waals surface area contributed by atoms with Crippen LogP contribution in [0.25, 0.3) is 5.76 Å². The normalized spacial score (nSPS) is 17.7. The van der Waals surface area contributed by atoms with Crippen LogP contribution in [0.15, 0.2) is 78.4 Å². The highest BCUT2D eigenvalue weighted by Gasteiger charge is 2.47. The maximum absolute atomic E-state index is 13.0. The third-order valence-electron chi connectivity index (χ3n) is 5.13. The molecule has 0 aliphatic carbocycles. The molecular weight excluding hydrogens is 418 g/mol. The first-order chi connectivity index (χ1) is 14.9. The SMILES string of the molecule is COc1ccc(/C(O)=C2/C(=O)C(=O)N(c3ccccc3)C2c2ccc(O)c(Cl)c2)cc1. The van der Waals surface area contributed by atoms with Crippen molar-refractivity contribution in [3.05, 3.63) is 94.5 Å². The largest absolute Gasteiger partial charge is 0.507 e. The number of rotatable bonds is 4. The van der Waals surface area contributed by atoms with E-state index in [0.29, 0.717) is 22.6 Å². The Morgan fingerprint density at radius 1 is 1.00 bits per heavy atom. The number of halogens is 1. The second-order valence-electron chi connectivity index (χ2n) is 6.94. The quantitative estimate of drug-likeness (QED) is 0.353. The topological polar surface area (TPSA) is 87.1 Å². The summed E-state index contributed by atoms with van der Waals surface area (Å²) in [5.74, 6) is -1.43. The van der Waals surface area contributed by atoms with E-state index in [1.54, 1.807) is 60.7 Å². The Morgan fingerprint density at radius 3 is 2.29 bits per heavy atom. The molecule has 0 aromatic heterocycles. The van der Waals surface area contributed by atoms with Crippen LogP contribution in [0.1, 0.15) is 17.2 Å². The molecule has 6 nitrogen and oxygen atoms in total. The number of aliphatic hydroxyl groups excluding tert-OH is 1. The molecule has 0 radical (unpaired) electrons. The van der Waals surface area contributed by atoms with Crippen molar-refractivity contribution in [1.29, 1.82) is 0 Å². The summed E-state index contributed by atoms with van der Waals surface area (Å²) in [7, 11) is 1.52. The number of aromatic hydroxyl groups is 1. The van der Waals surface area contributed by atoms with Gasteiger partial charge in [0.2, 0.25) is 0 Å². The average molecular weight is 436 g/mol. The van der Waals surface area contributed by atoms with Crippen LogP contribution >= 0.6 is 11.6 Å². The maximum Gasteiger partial charge on any atom is 0.300 e. The minimum Gasteiger partial charge on any atom is -0.507 e. The van der Waals surface area contributed by atoms with E-state index >= 15 is 0 Å². The molecule has 1 atom stereocenters. The monoisotopic (exact) mass is 435 g/mol. The number of hydrogen-bond acceptors (Lipinski definition) is 5. The number of phenols is 1. The molecule has 1 aliphatic rings. The minimum absolute atomic E-state index is 0.0687. The first-order valence-electron chi connectivity index (χ1n) is 9.41. The van der Waals surface area contributed by atoms with Gasteiger partial charge in [-0.15, -0.1) is 0 Å². The Kier molecular flexibility index (Phi) is 5.40. The van der Waals surface area contributed by atoms with Crippen molar-refractivity contribution in [3.8, 4) is 11.5 Å². The molecule has 1 aliphatic heterocycles. The number of carbonyl (C=O) groups is 2. The van der Waals surface area contributed by atoms with Crippen molar-refractivity contribution in [2.45, 2.75) is 6.04 Å². The highest BCUT2D eigenvalue weighted by atomic mass is 35.5. The summed E-state index contributed by atoms with van der Waals surface area (Å²) >= 11 is 6.11. The van der Waals surface area contributed by atoms with E-state index in [9.17, 15) is 19.8 Å². The number of nitrogens with zero attached hydrogens (tertiary/aromatic N) is 1. The van der Waals surface area contributed by atoms with Crippen molar-refractivity contribution in [1.82, 2.24) is 0 Å². The van der Waals surface area contributed by atoms with Gasteiger partial charge in [0.05, 0.1) is 23.7 Å². The number of amides is 1. The maximum atomic E-state index is 13.0. The van der Waals surface area contributed by atoms with Crippen molar-refractivity contribution in [3.63, 3.8) is 0 Å². The van der Waals surface area contributed by atoms with Crippen LogP contribution in [-0.4, -0.2) is 29.0 Å². The van der Waals surface area contributed by atoms with Gasteiger partial charge in [-0.1, -0.05) is 35.9 Å². The number of anilines is 1. The van der Waals surface area contributed by atoms with Gasteiger partial charge in [-0.25, -0.2) is 0 Å². The van der Waals surface area contributed by atoms with E-state index in [1.165, 1.54) is 24.1 Å². The number of para-hydroxylation sites is 1. The summed E-state index contributed by atoms with van der Waals surface area (Å²) in [5, 5.41) is 20.9. The summed E-state index contributed by atoms with van der Waals surface area (Å²) in [6, 6.07) is 18.7. The summed E-state index contributed by atoms with van der Waals surface area (Å²) < 4.78 is 5.14. The lowest BCUT2D eigenvalue weighted by molar-refractivity contribution is -0.132. The molecule has 0 spiro atoms. The summed E-state index contributed by atoms with van der Waals surface area (Å²) in [4.78, 5) is 27.4. The predicted octanol–water partition coefficient (Wildman–Crippen LogP) is 4.68. The van der Waals surface area contributed by atoms with Gasteiger partial charge in [0.1, 0.15) is 17.3 Å². The van der Waals surface area contributed by atoms with E-state index in [0.717, 1.165) is 0 Å². The van der Waals surface area contributed by atoms with Gasteiger partial charge in [-0.2, -0.15) is 0 Å². The highest BCUT2D eigenvalue weighted by molar-refractivity contribution is 6.51. The van der Waals surface area contributed by atoms with E-state index in [-0.39, 0.29) is 22.1 Å². The summed E-state index contributed by atoms with van der Waals surface area (Å²) in [6.45, 7) is 0. The number of benzene rings is 3. The van der Waals surface area contributed by atoms with Crippen molar-refractivity contribution >= 4 is 34.7 Å². The van der Waals surface area contributed by atoms with Crippen LogP contribution in [0.4, 0.5) is 5.69 Å². The Hall–Kier alpha value is -3.77. The van der Waals surface area contributed by atoms with Crippen molar-refractivity contribution < 1.29 is 24.5 Å². The molecule has 0 bridgehead atoms.